The summed E-state index contributed by atoms with van der Waals surface area (Å²) in [5, 5.41) is 2.85. The molecule has 0 bridgehead atoms. The lowest BCUT2D eigenvalue weighted by Gasteiger charge is -2.36. The van der Waals surface area contributed by atoms with Gasteiger partial charge < -0.3 is 15.1 Å². The van der Waals surface area contributed by atoms with Crippen LogP contribution in [0.1, 0.15) is 44.1 Å². The van der Waals surface area contributed by atoms with Gasteiger partial charge in [-0.25, -0.2) is 9.18 Å². The van der Waals surface area contributed by atoms with Crippen LogP contribution in [-0.4, -0.2) is 47.4 Å². The van der Waals surface area contributed by atoms with Crippen LogP contribution in [0.15, 0.2) is 18.2 Å². The summed E-state index contributed by atoms with van der Waals surface area (Å²) in [7, 11) is 0. The largest absolute Gasteiger partial charge is 0.343 e. The Bertz CT molecular complexity index is 650. The second-order valence-electron chi connectivity index (χ2n) is 7.01. The summed E-state index contributed by atoms with van der Waals surface area (Å²) in [6.45, 7) is 4.10. The van der Waals surface area contributed by atoms with Crippen molar-refractivity contribution in [2.75, 3.05) is 25.0 Å². The molecule has 136 valence electrons. The van der Waals surface area contributed by atoms with Crippen molar-refractivity contribution in [2.45, 2.75) is 51.5 Å². The summed E-state index contributed by atoms with van der Waals surface area (Å²) in [6.07, 6.45) is 5.43. The van der Waals surface area contributed by atoms with E-state index in [0.29, 0.717) is 25.2 Å². The highest BCUT2D eigenvalue weighted by Crippen LogP contribution is 2.23. The van der Waals surface area contributed by atoms with Crippen molar-refractivity contribution in [3.63, 3.8) is 0 Å². The number of halogens is 1. The van der Waals surface area contributed by atoms with Gasteiger partial charge in [0.25, 0.3) is 0 Å². The van der Waals surface area contributed by atoms with Crippen molar-refractivity contribution in [2.24, 2.45) is 0 Å². The second-order valence-corrected chi connectivity index (χ2v) is 7.01. The molecule has 6 heteroatoms. The Morgan fingerprint density at radius 3 is 2.88 bits per heavy atom. The van der Waals surface area contributed by atoms with Gasteiger partial charge in [0.05, 0.1) is 0 Å². The number of urea groups is 1. The Kier molecular flexibility index (Phi) is 5.56. The minimum Gasteiger partial charge on any atom is -0.343 e. The van der Waals surface area contributed by atoms with E-state index >= 15 is 0 Å². The summed E-state index contributed by atoms with van der Waals surface area (Å²) in [5.41, 5.74) is 1.36. The Balaban J connectivity index is 1.62. The molecule has 1 N–H and O–H groups in total. The molecule has 2 aliphatic rings. The molecule has 3 rings (SSSR count). The SMILES string of the molecule is Cc1ccc(F)cc1NC(=O)N1CCCC[C@H]1CCN1CCCC1=O. The van der Waals surface area contributed by atoms with Crippen molar-refractivity contribution in [3.8, 4) is 0 Å². The number of likely N-dealkylation sites (tertiary alicyclic amines) is 2. The molecule has 1 atom stereocenters. The van der Waals surface area contributed by atoms with Crippen LogP contribution in [0, 0.1) is 12.7 Å². The fourth-order valence-corrected chi connectivity index (χ4v) is 3.73. The number of anilines is 1. The molecule has 2 aliphatic heterocycles. The number of hydrogen-bond acceptors (Lipinski definition) is 2. The monoisotopic (exact) mass is 347 g/mol. The van der Waals surface area contributed by atoms with E-state index in [1.54, 1.807) is 6.07 Å². The van der Waals surface area contributed by atoms with Gasteiger partial charge in [-0.3, -0.25) is 4.79 Å². The van der Waals surface area contributed by atoms with Crippen molar-refractivity contribution in [1.82, 2.24) is 9.80 Å². The first-order chi connectivity index (χ1) is 12.0. The predicted octanol–water partition coefficient (Wildman–Crippen LogP) is 3.53. The third kappa shape index (κ3) is 4.30. The molecular weight excluding hydrogens is 321 g/mol. The van der Waals surface area contributed by atoms with Gasteiger partial charge in [-0.05, 0) is 56.7 Å². The number of carbonyl (C=O) groups is 2. The maximum Gasteiger partial charge on any atom is 0.322 e. The van der Waals surface area contributed by atoms with Gasteiger partial charge in [-0.1, -0.05) is 6.07 Å². The van der Waals surface area contributed by atoms with Gasteiger partial charge in [-0.15, -0.1) is 0 Å². The lowest BCUT2D eigenvalue weighted by molar-refractivity contribution is -0.127. The number of piperidine rings is 1. The van der Waals surface area contributed by atoms with Crippen molar-refractivity contribution >= 4 is 17.6 Å². The molecule has 1 aromatic carbocycles. The Morgan fingerprint density at radius 1 is 1.28 bits per heavy atom. The number of amides is 3. The van der Waals surface area contributed by atoms with Crippen LogP contribution in [0.5, 0.6) is 0 Å². The molecule has 0 unspecified atom stereocenters. The average Bonchev–Trinajstić information content (AvgIpc) is 3.01. The first-order valence-electron chi connectivity index (χ1n) is 9.16. The topological polar surface area (TPSA) is 52.7 Å². The molecule has 0 radical (unpaired) electrons. The highest BCUT2D eigenvalue weighted by Gasteiger charge is 2.28. The van der Waals surface area contributed by atoms with Crippen LogP contribution < -0.4 is 5.32 Å². The first kappa shape index (κ1) is 17.7. The number of rotatable bonds is 4. The fourth-order valence-electron chi connectivity index (χ4n) is 3.73. The molecule has 2 fully saturated rings. The average molecular weight is 347 g/mol. The molecule has 2 saturated heterocycles. The highest BCUT2D eigenvalue weighted by molar-refractivity contribution is 5.90. The van der Waals surface area contributed by atoms with Gasteiger partial charge in [0.1, 0.15) is 5.82 Å². The molecule has 25 heavy (non-hydrogen) atoms. The summed E-state index contributed by atoms with van der Waals surface area (Å²) >= 11 is 0. The molecule has 0 saturated carbocycles. The Labute approximate surface area is 148 Å². The zero-order valence-corrected chi connectivity index (χ0v) is 14.8. The van der Waals surface area contributed by atoms with Crippen LogP contribution >= 0.6 is 0 Å². The van der Waals surface area contributed by atoms with E-state index in [1.807, 2.05) is 16.7 Å². The van der Waals surface area contributed by atoms with Gasteiger partial charge in [0.15, 0.2) is 0 Å². The van der Waals surface area contributed by atoms with E-state index in [-0.39, 0.29) is 23.8 Å². The third-order valence-electron chi connectivity index (χ3n) is 5.23. The zero-order chi connectivity index (χ0) is 17.8. The maximum atomic E-state index is 13.4. The molecule has 0 aliphatic carbocycles. The Morgan fingerprint density at radius 2 is 2.12 bits per heavy atom. The van der Waals surface area contributed by atoms with Crippen LogP contribution in [0.3, 0.4) is 0 Å². The van der Waals surface area contributed by atoms with Crippen LogP contribution in [0.2, 0.25) is 0 Å². The van der Waals surface area contributed by atoms with Crippen molar-refractivity contribution in [3.05, 3.63) is 29.6 Å². The summed E-state index contributed by atoms with van der Waals surface area (Å²) in [5.74, 6) is -0.133. The second kappa shape index (κ2) is 7.85. The van der Waals surface area contributed by atoms with E-state index in [0.717, 1.165) is 44.2 Å². The molecule has 2 heterocycles. The first-order valence-corrected chi connectivity index (χ1v) is 9.16. The molecule has 5 nitrogen and oxygen atoms in total. The molecule has 3 amide bonds. The third-order valence-corrected chi connectivity index (χ3v) is 5.23. The minimum absolute atomic E-state index is 0.135. The summed E-state index contributed by atoms with van der Waals surface area (Å²) in [6, 6.07) is 4.37. The van der Waals surface area contributed by atoms with Crippen LogP contribution in [0.25, 0.3) is 0 Å². The lowest BCUT2D eigenvalue weighted by atomic mass is 9.99. The van der Waals surface area contributed by atoms with Crippen molar-refractivity contribution in [1.29, 1.82) is 0 Å². The van der Waals surface area contributed by atoms with Crippen LogP contribution in [-0.2, 0) is 4.79 Å². The predicted molar refractivity (Wildman–Crippen MR) is 94.9 cm³/mol. The Hall–Kier alpha value is -2.11. The van der Waals surface area contributed by atoms with E-state index in [2.05, 4.69) is 5.32 Å². The quantitative estimate of drug-likeness (QED) is 0.906. The van der Waals surface area contributed by atoms with Crippen LogP contribution in [0.4, 0.5) is 14.9 Å². The maximum absolute atomic E-state index is 13.4. The van der Waals surface area contributed by atoms with Gasteiger partial charge in [0.2, 0.25) is 5.91 Å². The normalized spacial score (nSPS) is 20.9. The smallest absolute Gasteiger partial charge is 0.322 e. The van der Waals surface area contributed by atoms with E-state index < -0.39 is 0 Å². The van der Waals surface area contributed by atoms with Gasteiger partial charge >= 0.3 is 6.03 Å². The van der Waals surface area contributed by atoms with Gasteiger partial charge in [0, 0.05) is 37.8 Å². The lowest BCUT2D eigenvalue weighted by Crippen LogP contribution is -2.47. The van der Waals surface area contributed by atoms with Gasteiger partial charge in [-0.2, -0.15) is 0 Å². The minimum atomic E-state index is -0.358. The van der Waals surface area contributed by atoms with E-state index in [9.17, 15) is 14.0 Å². The standard InChI is InChI=1S/C19H26FN3O2/c1-14-7-8-15(20)13-17(14)21-19(25)23-11-3-2-5-16(23)9-12-22-10-4-6-18(22)24/h7-8,13,16H,2-6,9-12H2,1H3,(H,21,25)/t16-/m0/s1. The summed E-state index contributed by atoms with van der Waals surface area (Å²) in [4.78, 5) is 28.2. The molecule has 0 aromatic heterocycles. The number of nitrogens with one attached hydrogen (secondary N) is 1. The van der Waals surface area contributed by atoms with E-state index in [4.69, 9.17) is 0 Å². The molecule has 0 spiro atoms. The summed E-state index contributed by atoms with van der Waals surface area (Å²) < 4.78 is 13.4. The molecule has 1 aromatic rings. The molecular formula is C19H26FN3O2. The van der Waals surface area contributed by atoms with Crippen molar-refractivity contribution < 1.29 is 14.0 Å². The fraction of sp³-hybridized carbons (Fsp3) is 0.579. The number of aryl methyl sites for hydroxylation is 1. The number of carbonyl (C=O) groups excluding carboxylic acids is 2. The number of hydrogen-bond donors (Lipinski definition) is 1. The number of benzene rings is 1. The highest BCUT2D eigenvalue weighted by atomic mass is 19.1. The van der Waals surface area contributed by atoms with E-state index in [1.165, 1.54) is 12.1 Å². The zero-order valence-electron chi connectivity index (χ0n) is 14.8. The number of nitrogens with zero attached hydrogens (tertiary/aromatic N) is 2.